The number of hydrogen-bond acceptors (Lipinski definition) is 1. The topological polar surface area (TPSA) is 77.8 Å². The van der Waals surface area contributed by atoms with Crippen molar-refractivity contribution in [3.8, 4) is 0 Å². The first-order valence-electron chi connectivity index (χ1n) is 0.783. The molecule has 0 saturated carbocycles. The second-order valence-electron chi connectivity index (χ2n) is 0.513. The van der Waals surface area contributed by atoms with E-state index in [0.29, 0.717) is 0 Å². The van der Waals surface area contributed by atoms with Crippen LogP contribution in [0.1, 0.15) is 2.85 Å². The molecule has 0 aliphatic rings. The minimum Gasteiger partial charge on any atom is -1.00 e. The summed E-state index contributed by atoms with van der Waals surface area (Å²) < 4.78 is 8.88. The van der Waals surface area contributed by atoms with Crippen LogP contribution in [0.5, 0.6) is 0 Å². The molecule has 0 amide bonds. The van der Waals surface area contributed by atoms with Crippen molar-refractivity contribution in [3.05, 3.63) is 7.43 Å². The summed E-state index contributed by atoms with van der Waals surface area (Å²) in [6.07, 6.45) is 0. The first kappa shape index (κ1) is 30.8. The fraction of sp³-hybridized carbons (Fsp3) is 0. The molecule has 0 rings (SSSR count). The zero-order valence-corrected chi connectivity index (χ0v) is 7.65. The summed E-state index contributed by atoms with van der Waals surface area (Å²) >= 11 is 0. The predicted molar refractivity (Wildman–Crippen MR) is 22.9 cm³/mol. The molecule has 0 aromatic rings. The van der Waals surface area contributed by atoms with Gasteiger partial charge in [-0.2, -0.15) is 0 Å². The Kier molecular flexibility index (Phi) is 42.8. The van der Waals surface area contributed by atoms with E-state index < -0.39 is 7.82 Å². The molecule has 8 heteroatoms. The van der Waals surface area contributed by atoms with Crippen LogP contribution >= 0.6 is 7.82 Å². The first-order chi connectivity index (χ1) is 2.00. The van der Waals surface area contributed by atoms with E-state index in [1.165, 1.54) is 0 Å². The summed E-state index contributed by atoms with van der Waals surface area (Å²) in [6, 6.07) is 0. The summed E-state index contributed by atoms with van der Waals surface area (Å²) in [7, 11) is -4.64. The molecule has 0 fully saturated rings. The molecule has 0 aromatic heterocycles. The fourth-order valence-corrected chi connectivity index (χ4v) is 0. The average molecular weight is 184 g/mol. The molecule has 1 radical (unpaired) electrons. The van der Waals surface area contributed by atoms with Crippen molar-refractivity contribution in [1.82, 2.24) is 0 Å². The Labute approximate surface area is 91.8 Å². The van der Waals surface area contributed by atoms with Crippen LogP contribution in [0.2, 0.25) is 0 Å². The van der Waals surface area contributed by atoms with Crippen LogP contribution in [0.15, 0.2) is 0 Å². The molecule has 0 aromatic carbocycles. The molecule has 0 atom stereocenters. The van der Waals surface area contributed by atoms with Crippen molar-refractivity contribution >= 4 is 7.82 Å². The van der Waals surface area contributed by atoms with Gasteiger partial charge in [0.25, 0.3) is 0 Å². The molecule has 0 unspecified atom stereocenters. The summed E-state index contributed by atoms with van der Waals surface area (Å²) in [5.41, 5.74) is 0. The van der Waals surface area contributed by atoms with Gasteiger partial charge in [-0.05, 0) is 0 Å². The van der Waals surface area contributed by atoms with Crippen molar-refractivity contribution in [2.45, 2.75) is 0 Å². The summed E-state index contributed by atoms with van der Waals surface area (Å²) in [6.45, 7) is 0. The van der Waals surface area contributed by atoms with Crippen LogP contribution < -0.4 is 37.7 Å². The first-order valence-corrected chi connectivity index (χ1v) is 2.35. The predicted octanol–water partition coefficient (Wildman–Crippen LogP) is -6.25. The molecule has 0 bridgehead atoms. The van der Waals surface area contributed by atoms with Gasteiger partial charge >= 0.3 is 45.5 Å². The Morgan fingerprint density at radius 3 is 1.11 bits per heavy atom. The molecule has 0 aliphatic carbocycles. The van der Waals surface area contributed by atoms with E-state index in [4.69, 9.17) is 19.2 Å². The van der Waals surface area contributed by atoms with Crippen molar-refractivity contribution in [3.63, 3.8) is 0 Å². The van der Waals surface area contributed by atoms with Crippen molar-refractivity contribution in [2.75, 3.05) is 0 Å². The Balaban J connectivity index is -0.00000000533. The van der Waals surface area contributed by atoms with E-state index in [0.717, 1.165) is 0 Å². The normalized spacial score (nSPS) is 6.56. The maximum Gasteiger partial charge on any atom is 1.00 e. The van der Waals surface area contributed by atoms with Gasteiger partial charge in [0.05, 0.1) is 0 Å². The summed E-state index contributed by atoms with van der Waals surface area (Å²) in [5, 5.41) is 0. The third-order valence-electron chi connectivity index (χ3n) is 0. The van der Waals surface area contributed by atoms with Gasteiger partial charge in [0.1, 0.15) is 0 Å². The summed E-state index contributed by atoms with van der Waals surface area (Å²) in [5.74, 6) is 0. The fourth-order valence-electron chi connectivity index (χ4n) is 0. The van der Waals surface area contributed by atoms with Crippen molar-refractivity contribution < 1.29 is 76.9 Å². The van der Waals surface area contributed by atoms with Crippen LogP contribution in [-0.2, 0) is 21.6 Å². The van der Waals surface area contributed by atoms with E-state index in [1.54, 1.807) is 0 Å². The zero-order chi connectivity index (χ0) is 4.50. The maximum absolute atomic E-state index is 8.88. The van der Waals surface area contributed by atoms with Crippen LogP contribution in [0.4, 0.5) is 0 Å². The van der Waals surface area contributed by atoms with E-state index in [2.05, 4.69) is 0 Å². The minimum absolute atomic E-state index is 0. The van der Waals surface area contributed by atoms with E-state index >= 15 is 0 Å². The van der Waals surface area contributed by atoms with Gasteiger partial charge in [-0.1, -0.05) is 0 Å². The zero-order valence-electron chi connectivity index (χ0n) is 7.58. The maximum atomic E-state index is 8.88. The van der Waals surface area contributed by atoms with Gasteiger partial charge in [-0.3, -0.25) is 0 Å². The monoisotopic (exact) mass is 184 g/mol. The molecular weight excluding hydrogens is 176 g/mol. The Morgan fingerprint density at radius 2 is 1.11 bits per heavy atom. The second kappa shape index (κ2) is 12.5. The van der Waals surface area contributed by atoms with Gasteiger partial charge in [-0.15, -0.1) is 0 Å². The molecule has 51 valence electrons. The molecule has 4 nitrogen and oxygen atoms in total. The third kappa shape index (κ3) is 181. The van der Waals surface area contributed by atoms with Crippen molar-refractivity contribution in [2.24, 2.45) is 0 Å². The Hall–Kier alpha value is 1.82. The van der Waals surface area contributed by atoms with Gasteiger partial charge in [0.2, 0.25) is 0 Å². The van der Waals surface area contributed by atoms with Crippen LogP contribution in [-0.4, -0.2) is 14.7 Å². The van der Waals surface area contributed by atoms with Gasteiger partial charge in [0, 0.05) is 17.1 Å². The van der Waals surface area contributed by atoms with Crippen LogP contribution in [0, 0.1) is 7.43 Å². The average Bonchev–Trinajstić information content (AvgIpc) is 0.722. The molecule has 3 N–H and O–H groups in total. The Bertz CT molecular complexity index is 72.2. The third-order valence-corrected chi connectivity index (χ3v) is 0. The molecule has 0 spiro atoms. The molecule has 9 heavy (non-hydrogen) atoms. The largest absolute Gasteiger partial charge is 1.00 e. The second-order valence-corrected chi connectivity index (χ2v) is 1.54. The summed E-state index contributed by atoms with van der Waals surface area (Å²) in [4.78, 5) is 21.6. The minimum atomic E-state index is -4.64. The number of phosphoric acid groups is 1. The number of hydrogen-bond donors (Lipinski definition) is 3. The van der Waals surface area contributed by atoms with E-state index in [1.807, 2.05) is 0 Å². The van der Waals surface area contributed by atoms with Gasteiger partial charge in [-0.25, -0.2) is 4.57 Å². The molecule has 0 saturated heterocycles. The van der Waals surface area contributed by atoms with Crippen molar-refractivity contribution in [1.29, 1.82) is 0 Å². The molecule has 0 heterocycles. The standard InChI is InChI=1S/CH3.2Li.Mn.H3O4P.2H/c;;;;1-5(2,3)4;;/h1H3;;;;(H3,1,2,3,4);;/q-1;2*+1;;;2*-1. The number of rotatable bonds is 0. The molecule has 0 aliphatic heterocycles. The smallest absolute Gasteiger partial charge is 1.00 e. The molecular formula is CH8Li2MnO4P-. The SMILES string of the molecule is O=P(O)(O)O.[CH3-].[H-].[H-].[Li+].[Li+].[Mn]. The van der Waals surface area contributed by atoms with Gasteiger partial charge < -0.3 is 25.0 Å². The quantitative estimate of drug-likeness (QED) is 0.199. The van der Waals surface area contributed by atoms with Crippen LogP contribution in [0.25, 0.3) is 0 Å². The van der Waals surface area contributed by atoms with E-state index in [9.17, 15) is 0 Å². The van der Waals surface area contributed by atoms with E-state index in [-0.39, 0.29) is 65.1 Å². The van der Waals surface area contributed by atoms with Crippen LogP contribution in [0.3, 0.4) is 0 Å². The van der Waals surface area contributed by atoms with Gasteiger partial charge in [0.15, 0.2) is 0 Å². The Morgan fingerprint density at radius 1 is 1.11 bits per heavy atom.